The van der Waals surface area contributed by atoms with Crippen molar-refractivity contribution < 1.29 is 8.83 Å². The Morgan fingerprint density at radius 1 is 0.325 bits per heavy atom. The summed E-state index contributed by atoms with van der Waals surface area (Å²) in [5.41, 5.74) is 19.2. The van der Waals surface area contributed by atoms with E-state index in [1.807, 2.05) is 12.1 Å². The lowest BCUT2D eigenvalue weighted by molar-refractivity contribution is 0.668. The molecular formula is C73H52N2O2. The van der Waals surface area contributed by atoms with E-state index < -0.39 is 5.41 Å². The van der Waals surface area contributed by atoms with Crippen LogP contribution >= 0.6 is 0 Å². The molecule has 0 bridgehead atoms. The molecule has 0 atom stereocenters. The van der Waals surface area contributed by atoms with E-state index in [0.29, 0.717) is 0 Å². The van der Waals surface area contributed by atoms with E-state index in [2.05, 4.69) is 266 Å². The van der Waals surface area contributed by atoms with Crippen LogP contribution in [-0.4, -0.2) is 0 Å². The highest BCUT2D eigenvalue weighted by Crippen LogP contribution is 2.60. The number of anilines is 6. The van der Waals surface area contributed by atoms with Crippen molar-refractivity contribution in [1.82, 2.24) is 0 Å². The average molecular weight is 989 g/mol. The van der Waals surface area contributed by atoms with Gasteiger partial charge in [-0.15, -0.1) is 0 Å². The molecule has 0 amide bonds. The lowest BCUT2D eigenvalue weighted by Gasteiger charge is -2.35. The van der Waals surface area contributed by atoms with Gasteiger partial charge in [-0.2, -0.15) is 0 Å². The number of aryl methyl sites for hydroxylation is 2. The van der Waals surface area contributed by atoms with Gasteiger partial charge in [0, 0.05) is 44.3 Å². The minimum absolute atomic E-state index is 0.680. The summed E-state index contributed by atoms with van der Waals surface area (Å²) in [5.74, 6) is 0. The third-order valence-electron chi connectivity index (χ3n) is 16.4. The summed E-state index contributed by atoms with van der Waals surface area (Å²) >= 11 is 0. The van der Waals surface area contributed by atoms with E-state index >= 15 is 0 Å². The number of hydrogen-bond acceptors (Lipinski definition) is 4. The Balaban J connectivity index is 0.955. The summed E-state index contributed by atoms with van der Waals surface area (Å²) in [6.45, 7) is 4.42. The minimum Gasteiger partial charge on any atom is -0.454 e. The van der Waals surface area contributed by atoms with Crippen LogP contribution < -0.4 is 9.80 Å². The van der Waals surface area contributed by atoms with Crippen LogP contribution in [0, 0.1) is 0 Å². The molecule has 2 heterocycles. The van der Waals surface area contributed by atoms with Gasteiger partial charge in [-0.1, -0.05) is 196 Å². The summed E-state index contributed by atoms with van der Waals surface area (Å²) in [4.78, 5) is 4.74. The predicted octanol–water partition coefficient (Wildman–Crippen LogP) is 20.2. The molecule has 366 valence electrons. The van der Waals surface area contributed by atoms with Crippen molar-refractivity contribution in [3.63, 3.8) is 0 Å². The van der Waals surface area contributed by atoms with Gasteiger partial charge in [0.05, 0.1) is 16.8 Å². The van der Waals surface area contributed by atoms with Crippen molar-refractivity contribution in [2.75, 3.05) is 9.80 Å². The van der Waals surface area contributed by atoms with Gasteiger partial charge in [0.15, 0.2) is 11.2 Å². The fourth-order valence-electron chi connectivity index (χ4n) is 12.8. The van der Waals surface area contributed by atoms with Gasteiger partial charge in [-0.05, 0) is 152 Å². The maximum absolute atomic E-state index is 6.75. The van der Waals surface area contributed by atoms with Crippen molar-refractivity contribution in [1.29, 1.82) is 0 Å². The van der Waals surface area contributed by atoms with Gasteiger partial charge in [0.25, 0.3) is 0 Å². The highest BCUT2D eigenvalue weighted by Gasteiger charge is 2.48. The Kier molecular flexibility index (Phi) is 10.3. The summed E-state index contributed by atoms with van der Waals surface area (Å²) < 4.78 is 13.5. The van der Waals surface area contributed by atoms with Crippen molar-refractivity contribution in [3.05, 3.63) is 288 Å². The number of para-hydroxylation sites is 4. The molecule has 4 heteroatoms. The lowest BCUT2D eigenvalue weighted by atomic mass is 9.66. The molecule has 2 aromatic heterocycles. The van der Waals surface area contributed by atoms with Gasteiger partial charge in [-0.3, -0.25) is 0 Å². The topological polar surface area (TPSA) is 32.8 Å². The first-order valence-electron chi connectivity index (χ1n) is 26.9. The van der Waals surface area contributed by atoms with E-state index in [9.17, 15) is 0 Å². The van der Waals surface area contributed by atoms with E-state index in [0.717, 1.165) is 102 Å². The fourth-order valence-corrected chi connectivity index (χ4v) is 12.8. The van der Waals surface area contributed by atoms with Crippen LogP contribution in [0.25, 0.3) is 76.5 Å². The van der Waals surface area contributed by atoms with Crippen LogP contribution in [0.4, 0.5) is 34.1 Å². The second-order valence-electron chi connectivity index (χ2n) is 20.5. The van der Waals surface area contributed by atoms with Gasteiger partial charge in [-0.25, -0.2) is 0 Å². The Morgan fingerprint density at radius 2 is 0.714 bits per heavy atom. The molecule has 0 radical (unpaired) electrons. The monoisotopic (exact) mass is 988 g/mol. The van der Waals surface area contributed by atoms with Gasteiger partial charge in [0.1, 0.15) is 11.2 Å². The van der Waals surface area contributed by atoms with Crippen LogP contribution in [0.5, 0.6) is 0 Å². The molecule has 0 spiro atoms. The summed E-state index contributed by atoms with van der Waals surface area (Å²) in [7, 11) is 0. The maximum atomic E-state index is 6.75. The van der Waals surface area contributed by atoms with Crippen LogP contribution in [0.15, 0.2) is 264 Å². The maximum Gasteiger partial charge on any atom is 0.159 e. The highest BCUT2D eigenvalue weighted by atomic mass is 16.3. The number of hydrogen-bond donors (Lipinski definition) is 0. The van der Waals surface area contributed by atoms with Gasteiger partial charge < -0.3 is 18.6 Å². The first-order valence-corrected chi connectivity index (χ1v) is 26.9. The predicted molar refractivity (Wildman–Crippen MR) is 321 cm³/mol. The smallest absolute Gasteiger partial charge is 0.159 e. The number of furan rings is 2. The molecule has 14 aromatic rings. The number of fused-ring (bicyclic) bond motifs is 13. The zero-order valence-corrected chi connectivity index (χ0v) is 42.9. The lowest BCUT2D eigenvalue weighted by Crippen LogP contribution is -2.29. The van der Waals surface area contributed by atoms with Crippen LogP contribution in [0.3, 0.4) is 0 Å². The van der Waals surface area contributed by atoms with Crippen molar-refractivity contribution in [2.24, 2.45) is 0 Å². The molecule has 4 nitrogen and oxygen atoms in total. The summed E-state index contributed by atoms with van der Waals surface area (Å²) in [5, 5.41) is 9.16. The Bertz CT molecular complexity index is 4290. The number of rotatable bonds is 10. The summed E-state index contributed by atoms with van der Waals surface area (Å²) in [6, 6.07) is 93.7. The zero-order valence-electron chi connectivity index (χ0n) is 42.9. The van der Waals surface area contributed by atoms with Crippen molar-refractivity contribution >= 4 is 99.5 Å². The molecule has 0 N–H and O–H groups in total. The van der Waals surface area contributed by atoms with Crippen molar-refractivity contribution in [3.8, 4) is 11.1 Å². The van der Waals surface area contributed by atoms with Crippen LogP contribution in [0.2, 0.25) is 0 Å². The number of nitrogens with zero attached hydrogens (tertiary/aromatic N) is 2. The largest absolute Gasteiger partial charge is 0.454 e. The second kappa shape index (κ2) is 17.8. The highest BCUT2D eigenvalue weighted by molar-refractivity contribution is 6.13. The van der Waals surface area contributed by atoms with E-state index in [-0.39, 0.29) is 0 Å². The first kappa shape index (κ1) is 44.8. The molecule has 1 aliphatic carbocycles. The zero-order chi connectivity index (χ0) is 51.2. The second-order valence-corrected chi connectivity index (χ2v) is 20.5. The fraction of sp³-hybridized carbons (Fsp3) is 0.0685. The molecule has 15 rings (SSSR count). The third kappa shape index (κ3) is 6.85. The molecule has 0 fully saturated rings. The SMILES string of the molecule is CCc1ccc(N(c2ccc3c4c(ccc3c2)-c2ccc3cc(N(c5ccc(CC)cc5)c5cccc6c5oc5ccccc56)ccc3c2C4(c2ccccc2)c2ccccc2)c2cccc3c2oc2ccccc23)cc1. The molecular weight excluding hydrogens is 937 g/mol. The molecule has 0 saturated carbocycles. The third-order valence-corrected chi connectivity index (χ3v) is 16.4. The summed E-state index contributed by atoms with van der Waals surface area (Å²) in [6.07, 6.45) is 1.94. The van der Waals surface area contributed by atoms with Gasteiger partial charge in [0.2, 0.25) is 0 Å². The molecule has 1 aliphatic rings. The van der Waals surface area contributed by atoms with E-state index in [4.69, 9.17) is 8.83 Å². The molecule has 0 unspecified atom stereocenters. The standard InChI is InChI=1S/C73H52N2O2/c1-3-47-29-35-53(36-30-47)74(65-25-15-23-63-59-21-11-13-27-67(59)76-71(63)65)55-39-43-57-49(45-55)33-41-61-62-42-34-50-46-56(40-44-58(50)70(62)73(69(57)61,51-17-7-5-8-18-51)52-19-9-6-10-20-52)75(54-37-31-48(4-2)32-38-54)66-26-16-24-64-60-22-12-14-28-68(60)77-72(64)66/h5-46H,3-4H2,1-2H3. The van der Waals surface area contributed by atoms with Crippen LogP contribution in [0.1, 0.15) is 47.2 Å². The molecule has 0 saturated heterocycles. The molecule has 77 heavy (non-hydrogen) atoms. The Morgan fingerprint density at radius 3 is 1.14 bits per heavy atom. The quantitative estimate of drug-likeness (QED) is 0.137. The average Bonchev–Trinajstić information content (AvgIpc) is 4.40. The minimum atomic E-state index is -0.680. The normalized spacial score (nSPS) is 12.8. The Labute approximate surface area is 447 Å². The first-order chi connectivity index (χ1) is 38.1. The molecule has 12 aromatic carbocycles. The number of benzene rings is 12. The van der Waals surface area contributed by atoms with Crippen LogP contribution in [-0.2, 0) is 18.3 Å². The van der Waals surface area contributed by atoms with Gasteiger partial charge >= 0.3 is 0 Å². The Hall–Kier alpha value is -9.64. The molecule has 0 aliphatic heterocycles. The van der Waals surface area contributed by atoms with E-state index in [1.54, 1.807) is 0 Å². The van der Waals surface area contributed by atoms with E-state index in [1.165, 1.54) is 55.3 Å². The van der Waals surface area contributed by atoms with Crippen molar-refractivity contribution in [2.45, 2.75) is 32.1 Å².